The predicted octanol–water partition coefficient (Wildman–Crippen LogP) is 7.57. The van der Waals surface area contributed by atoms with E-state index in [2.05, 4.69) is 50.1 Å². The first-order chi connectivity index (χ1) is 22.4. The average Bonchev–Trinajstić information content (AvgIpc) is 3.77. The number of nitrogens with zero attached hydrogens (tertiary/aromatic N) is 1. The number of nitrogens with one attached hydrogen (secondary N) is 3. The number of carbonyl (C=O) groups excluding carboxylic acids is 2. The van der Waals surface area contributed by atoms with Gasteiger partial charge in [-0.3, -0.25) is 14.6 Å². The summed E-state index contributed by atoms with van der Waals surface area (Å²) >= 11 is 2.76. The topological polar surface area (TPSA) is 111 Å². The molecule has 5 aromatic rings. The average molecular weight is 659 g/mol. The first kappa shape index (κ1) is 31.6. The number of thiophene rings is 1. The number of halogens is 1. The maximum absolute atomic E-state index is 15.2. The van der Waals surface area contributed by atoms with Crippen LogP contribution in [0.3, 0.4) is 0 Å². The molecule has 9 nitrogen and oxygen atoms in total. The fourth-order valence-corrected chi connectivity index (χ4v) is 6.30. The highest BCUT2D eigenvalue weighted by Crippen LogP contribution is 2.48. The lowest BCUT2D eigenvalue weighted by atomic mass is 10.0. The second-order valence-corrected chi connectivity index (χ2v) is 12.5. The number of para-hydroxylation sites is 1. The lowest BCUT2D eigenvalue weighted by molar-refractivity contribution is -0.160. The summed E-state index contributed by atoms with van der Waals surface area (Å²) in [4.78, 5) is 36.0. The number of anilines is 2. The van der Waals surface area contributed by atoms with Crippen molar-refractivity contribution in [1.29, 1.82) is 0 Å². The Labute approximate surface area is 273 Å². The molecule has 1 saturated carbocycles. The fraction of sp³-hybridized carbons (Fsp3) is 0.206. The van der Waals surface area contributed by atoms with Crippen molar-refractivity contribution in [2.75, 3.05) is 30.0 Å². The van der Waals surface area contributed by atoms with E-state index in [9.17, 15) is 9.59 Å². The largest absolute Gasteiger partial charge is 0.453 e. The van der Waals surface area contributed by atoms with Crippen molar-refractivity contribution >= 4 is 56.8 Å². The smallest absolute Gasteiger partial charge is 0.240 e. The van der Waals surface area contributed by atoms with Crippen LogP contribution >= 0.6 is 23.4 Å². The summed E-state index contributed by atoms with van der Waals surface area (Å²) in [6, 6.07) is 25.2. The molecule has 1 fully saturated rings. The van der Waals surface area contributed by atoms with Gasteiger partial charge in [-0.15, -0.1) is 11.3 Å². The Morgan fingerprint density at radius 3 is 2.41 bits per heavy atom. The number of fused-ring (bicyclic) bond motifs is 1. The molecule has 46 heavy (non-hydrogen) atoms. The number of amides is 2. The second-order valence-electron chi connectivity index (χ2n) is 10.7. The number of aromatic nitrogens is 1. The Morgan fingerprint density at radius 2 is 1.70 bits per heavy atom. The van der Waals surface area contributed by atoms with E-state index in [-0.39, 0.29) is 17.3 Å². The van der Waals surface area contributed by atoms with Crippen LogP contribution in [0.2, 0.25) is 0 Å². The minimum absolute atomic E-state index is 0.00689. The third kappa shape index (κ3) is 7.38. The van der Waals surface area contributed by atoms with Crippen LogP contribution in [0, 0.1) is 11.2 Å². The van der Waals surface area contributed by atoms with E-state index >= 15 is 4.39 Å². The van der Waals surface area contributed by atoms with E-state index in [4.69, 9.17) is 9.07 Å². The summed E-state index contributed by atoms with van der Waals surface area (Å²) in [5, 5.41) is 8.86. The van der Waals surface area contributed by atoms with E-state index in [1.165, 1.54) is 42.6 Å². The van der Waals surface area contributed by atoms with Crippen molar-refractivity contribution in [2.24, 2.45) is 5.41 Å². The molecular weight excluding hydrogens is 628 g/mol. The zero-order valence-electron chi connectivity index (χ0n) is 24.9. The highest BCUT2D eigenvalue weighted by atomic mass is 32.2. The minimum Gasteiger partial charge on any atom is -0.453 e. The van der Waals surface area contributed by atoms with Gasteiger partial charge in [0.1, 0.15) is 11.2 Å². The summed E-state index contributed by atoms with van der Waals surface area (Å²) in [6.07, 6.45) is 2.48. The predicted molar refractivity (Wildman–Crippen MR) is 179 cm³/mol. The van der Waals surface area contributed by atoms with Crippen molar-refractivity contribution < 1.29 is 27.9 Å². The molecule has 1 aliphatic rings. The molecule has 0 atom stereocenters. The molecule has 0 aliphatic heterocycles. The molecule has 0 spiro atoms. The molecule has 0 bridgehead atoms. The van der Waals surface area contributed by atoms with Crippen LogP contribution in [0.25, 0.3) is 20.7 Å². The Kier molecular flexibility index (Phi) is 9.91. The number of pyridine rings is 1. The van der Waals surface area contributed by atoms with Crippen LogP contribution < -0.4 is 20.7 Å². The van der Waals surface area contributed by atoms with E-state index in [0.29, 0.717) is 24.3 Å². The summed E-state index contributed by atoms with van der Waals surface area (Å²) in [5.41, 5.74) is 2.62. The molecule has 3 aromatic carbocycles. The van der Waals surface area contributed by atoms with E-state index < -0.39 is 17.1 Å². The van der Waals surface area contributed by atoms with Gasteiger partial charge in [-0.05, 0) is 54.3 Å². The first-order valence-corrected chi connectivity index (χ1v) is 16.3. The van der Waals surface area contributed by atoms with E-state index in [0.717, 1.165) is 45.1 Å². The molecular formula is C34H31FN4O5S2. The van der Waals surface area contributed by atoms with Gasteiger partial charge in [0.15, 0.2) is 11.6 Å². The first-order valence-electron chi connectivity index (χ1n) is 14.6. The number of rotatable bonds is 14. The molecule has 2 heterocycles. The Bertz CT molecular complexity index is 1830. The zero-order valence-corrected chi connectivity index (χ0v) is 26.5. The van der Waals surface area contributed by atoms with Gasteiger partial charge >= 0.3 is 0 Å². The molecule has 0 unspecified atom stereocenters. The SMILES string of the molecule is COOSCCNCc1ccc(-c2cc3nccc(Oc4ccc(NC(=O)C5(C(=O)Nc6ccccc6)CC5)cc4F)c3s2)cc1. The summed E-state index contributed by atoms with van der Waals surface area (Å²) < 4.78 is 26.8. The van der Waals surface area contributed by atoms with Crippen molar-refractivity contribution in [2.45, 2.75) is 19.4 Å². The summed E-state index contributed by atoms with van der Waals surface area (Å²) in [5.74, 6) is -0.234. The maximum atomic E-state index is 15.2. The Morgan fingerprint density at radius 1 is 0.935 bits per heavy atom. The Hall–Kier alpha value is -4.33. The number of hydrogen-bond donors (Lipinski definition) is 3. The molecule has 12 heteroatoms. The molecule has 6 rings (SSSR count). The normalized spacial score (nSPS) is 13.3. The van der Waals surface area contributed by atoms with Gasteiger partial charge in [0.25, 0.3) is 0 Å². The second kappa shape index (κ2) is 14.4. The fourth-order valence-electron chi connectivity index (χ4n) is 4.84. The summed E-state index contributed by atoms with van der Waals surface area (Å²) in [7, 11) is 1.48. The van der Waals surface area contributed by atoms with Gasteiger partial charge in [-0.1, -0.05) is 42.5 Å². The van der Waals surface area contributed by atoms with E-state index in [1.807, 2.05) is 12.1 Å². The monoisotopic (exact) mass is 658 g/mol. The number of hydrogen-bond acceptors (Lipinski definition) is 9. The van der Waals surface area contributed by atoms with Crippen molar-refractivity contribution in [3.63, 3.8) is 0 Å². The molecule has 236 valence electrons. The molecule has 0 radical (unpaired) electrons. The molecule has 1 aliphatic carbocycles. The molecule has 2 aromatic heterocycles. The standard InChI is InChI=1S/C34H31FN4O5S2/c1-42-44-45-18-17-36-21-22-7-9-23(10-8-22)30-20-27-31(46-30)29(13-16-37-27)43-28-12-11-25(19-26(28)35)39-33(41)34(14-15-34)32(40)38-24-5-3-2-4-6-24/h2-13,16,19-20,36H,14-15,17-18,21H2,1H3,(H,38,40)(H,39,41). The van der Waals surface area contributed by atoms with Crippen molar-refractivity contribution in [3.05, 3.63) is 103 Å². The van der Waals surface area contributed by atoms with Crippen LogP contribution in [0.15, 0.2) is 91.1 Å². The zero-order chi connectivity index (χ0) is 31.9. The van der Waals surface area contributed by atoms with Crippen molar-refractivity contribution in [1.82, 2.24) is 10.3 Å². The van der Waals surface area contributed by atoms with Crippen LogP contribution in [-0.4, -0.2) is 36.2 Å². The van der Waals surface area contributed by atoms with Gasteiger partial charge in [0.2, 0.25) is 11.8 Å². The minimum atomic E-state index is -1.17. The van der Waals surface area contributed by atoms with Crippen LogP contribution in [-0.2, 0) is 25.4 Å². The number of carbonyl (C=O) groups is 2. The Balaban J connectivity index is 1.09. The van der Waals surface area contributed by atoms with Gasteiger partial charge in [-0.2, -0.15) is 4.33 Å². The number of benzene rings is 3. The lowest BCUT2D eigenvalue weighted by Crippen LogP contribution is -2.35. The van der Waals surface area contributed by atoms with Crippen LogP contribution in [0.5, 0.6) is 11.5 Å². The molecule has 2 amide bonds. The van der Waals surface area contributed by atoms with Gasteiger partial charge in [-0.25, -0.2) is 9.28 Å². The highest BCUT2D eigenvalue weighted by molar-refractivity contribution is 7.94. The third-order valence-corrected chi connectivity index (χ3v) is 9.27. The summed E-state index contributed by atoms with van der Waals surface area (Å²) in [6.45, 7) is 1.52. The van der Waals surface area contributed by atoms with Crippen LogP contribution in [0.1, 0.15) is 18.4 Å². The highest BCUT2D eigenvalue weighted by Gasteiger charge is 2.56. The quantitative estimate of drug-likeness (QED) is 0.0369. The third-order valence-electron chi connectivity index (χ3n) is 7.48. The van der Waals surface area contributed by atoms with Gasteiger partial charge in [0, 0.05) is 65.5 Å². The number of ether oxygens (including phenoxy) is 1. The lowest BCUT2D eigenvalue weighted by Gasteiger charge is -2.16. The van der Waals surface area contributed by atoms with Gasteiger partial charge in [0.05, 0.1) is 17.3 Å². The van der Waals surface area contributed by atoms with E-state index in [1.54, 1.807) is 42.6 Å². The van der Waals surface area contributed by atoms with Crippen molar-refractivity contribution in [3.8, 4) is 21.9 Å². The van der Waals surface area contributed by atoms with Gasteiger partial charge < -0.3 is 20.7 Å². The molecule has 0 saturated heterocycles. The maximum Gasteiger partial charge on any atom is 0.240 e. The molecule has 3 N–H and O–H groups in total. The van der Waals surface area contributed by atoms with Crippen LogP contribution in [0.4, 0.5) is 15.8 Å².